The highest BCUT2D eigenvalue weighted by molar-refractivity contribution is 5.59. The van der Waals surface area contributed by atoms with Gasteiger partial charge in [-0.1, -0.05) is 155 Å². The van der Waals surface area contributed by atoms with Crippen molar-refractivity contribution < 1.29 is 34.7 Å². The Morgan fingerprint density at radius 1 is 0.386 bits per heavy atom. The van der Waals surface area contributed by atoms with E-state index in [1.165, 1.54) is 51.4 Å². The van der Waals surface area contributed by atoms with Gasteiger partial charge < -0.3 is 29.9 Å². The molecule has 44 heavy (non-hydrogen) atoms. The third kappa shape index (κ3) is 29.8. The van der Waals surface area contributed by atoms with Gasteiger partial charge >= 0.3 is 6.16 Å². The predicted molar refractivity (Wildman–Crippen MR) is 182 cm³/mol. The highest BCUT2D eigenvalue weighted by Crippen LogP contribution is 2.17. The van der Waals surface area contributed by atoms with Gasteiger partial charge in [-0.25, -0.2) is 4.79 Å². The number of carbonyl (C=O) groups excluding carboxylic acids is 1. The van der Waals surface area contributed by atoms with E-state index in [4.69, 9.17) is 9.47 Å². The molecule has 0 radical (unpaired) electrons. The van der Waals surface area contributed by atoms with Crippen LogP contribution >= 0.6 is 0 Å². The van der Waals surface area contributed by atoms with Crippen LogP contribution in [0.5, 0.6) is 0 Å². The van der Waals surface area contributed by atoms with E-state index in [9.17, 15) is 25.2 Å². The van der Waals surface area contributed by atoms with Crippen LogP contribution in [0, 0.1) is 0 Å². The molecule has 0 heterocycles. The number of aliphatic hydroxyl groups is 4. The van der Waals surface area contributed by atoms with Crippen LogP contribution < -0.4 is 0 Å². The van der Waals surface area contributed by atoms with Crippen LogP contribution in [0.3, 0.4) is 0 Å². The highest BCUT2D eigenvalue weighted by atomic mass is 16.7. The minimum Gasteiger partial charge on any atom is -0.434 e. The SMILES string of the molecule is CCCCCCCCC(O)C(O)CCCCCCCCOC(=O)OCCCCCCCCC(O)C(O)CCCCCCCC. The van der Waals surface area contributed by atoms with Crippen LogP contribution in [0.15, 0.2) is 0 Å². The molecule has 0 fully saturated rings. The first-order valence-electron chi connectivity index (χ1n) is 18.9. The number of hydrogen-bond donors (Lipinski definition) is 4. The van der Waals surface area contributed by atoms with Crippen LogP contribution in [-0.4, -0.2) is 64.2 Å². The van der Waals surface area contributed by atoms with E-state index in [0.29, 0.717) is 38.9 Å². The van der Waals surface area contributed by atoms with Gasteiger partial charge in [-0.05, 0) is 38.5 Å². The fourth-order valence-electron chi connectivity index (χ4n) is 5.72. The topological polar surface area (TPSA) is 116 Å². The second-order valence-corrected chi connectivity index (χ2v) is 13.1. The molecular formula is C37H74O7. The summed E-state index contributed by atoms with van der Waals surface area (Å²) in [6, 6.07) is 0. The summed E-state index contributed by atoms with van der Waals surface area (Å²) in [5.74, 6) is 0. The summed E-state index contributed by atoms with van der Waals surface area (Å²) in [5, 5.41) is 40.6. The molecule has 0 bridgehead atoms. The van der Waals surface area contributed by atoms with Crippen LogP contribution in [0.4, 0.5) is 4.79 Å². The van der Waals surface area contributed by atoms with Gasteiger partial charge in [-0.2, -0.15) is 0 Å². The maximum atomic E-state index is 11.7. The summed E-state index contributed by atoms with van der Waals surface area (Å²) in [4.78, 5) is 11.7. The molecule has 4 N–H and O–H groups in total. The Labute approximate surface area is 271 Å². The van der Waals surface area contributed by atoms with Crippen molar-refractivity contribution >= 4 is 6.16 Å². The third-order valence-electron chi connectivity index (χ3n) is 8.82. The van der Waals surface area contributed by atoms with Crippen molar-refractivity contribution in [2.24, 2.45) is 0 Å². The Balaban J connectivity index is 3.43. The first-order valence-corrected chi connectivity index (χ1v) is 18.9. The summed E-state index contributed by atoms with van der Waals surface area (Å²) >= 11 is 0. The average molecular weight is 631 g/mol. The lowest BCUT2D eigenvalue weighted by Crippen LogP contribution is -2.25. The molecule has 0 rings (SSSR count). The lowest BCUT2D eigenvalue weighted by molar-refractivity contribution is 0.00710. The zero-order valence-electron chi connectivity index (χ0n) is 29.0. The van der Waals surface area contributed by atoms with Gasteiger partial charge in [0.15, 0.2) is 0 Å². The van der Waals surface area contributed by atoms with Gasteiger partial charge in [-0.3, -0.25) is 0 Å². The van der Waals surface area contributed by atoms with Crippen LogP contribution in [-0.2, 0) is 9.47 Å². The molecule has 0 saturated heterocycles. The van der Waals surface area contributed by atoms with Gasteiger partial charge in [0, 0.05) is 0 Å². The summed E-state index contributed by atoms with van der Waals surface area (Å²) in [6.07, 6.45) is 26.1. The molecule has 0 spiro atoms. The number of unbranched alkanes of at least 4 members (excludes halogenated alkanes) is 20. The molecule has 0 aromatic rings. The van der Waals surface area contributed by atoms with Crippen molar-refractivity contribution in [2.45, 2.75) is 218 Å². The van der Waals surface area contributed by atoms with E-state index >= 15 is 0 Å². The van der Waals surface area contributed by atoms with Crippen molar-refractivity contribution in [3.05, 3.63) is 0 Å². The molecule has 0 amide bonds. The summed E-state index contributed by atoms with van der Waals surface area (Å²) in [7, 11) is 0. The number of aliphatic hydroxyl groups excluding tert-OH is 4. The fourth-order valence-corrected chi connectivity index (χ4v) is 5.72. The monoisotopic (exact) mass is 631 g/mol. The molecule has 7 heteroatoms. The van der Waals surface area contributed by atoms with Crippen molar-refractivity contribution in [1.82, 2.24) is 0 Å². The quantitative estimate of drug-likeness (QED) is 0.0413. The molecule has 4 unspecified atom stereocenters. The Morgan fingerprint density at radius 3 is 0.886 bits per heavy atom. The Morgan fingerprint density at radius 2 is 0.614 bits per heavy atom. The van der Waals surface area contributed by atoms with Crippen LogP contribution in [0.1, 0.15) is 194 Å². The Bertz CT molecular complexity index is 540. The van der Waals surface area contributed by atoms with Crippen LogP contribution in [0.2, 0.25) is 0 Å². The molecule has 4 atom stereocenters. The van der Waals surface area contributed by atoms with Crippen molar-refractivity contribution in [3.63, 3.8) is 0 Å². The summed E-state index contributed by atoms with van der Waals surface area (Å²) < 4.78 is 10.3. The molecule has 0 aliphatic heterocycles. The number of hydrogen-bond acceptors (Lipinski definition) is 7. The van der Waals surface area contributed by atoms with Crippen molar-refractivity contribution in [1.29, 1.82) is 0 Å². The fraction of sp³-hybridized carbons (Fsp3) is 0.973. The summed E-state index contributed by atoms with van der Waals surface area (Å²) in [6.45, 7) is 5.20. The molecule has 264 valence electrons. The van der Waals surface area contributed by atoms with E-state index in [1.807, 2.05) is 0 Å². The Kier molecular flexibility index (Phi) is 32.8. The molecule has 0 aliphatic rings. The lowest BCUT2D eigenvalue weighted by atomic mass is 9.99. The molecule has 0 aliphatic carbocycles. The minimum atomic E-state index is -0.602. The Hall–Kier alpha value is -0.890. The van der Waals surface area contributed by atoms with Crippen molar-refractivity contribution in [2.75, 3.05) is 13.2 Å². The molecular weight excluding hydrogens is 556 g/mol. The molecule has 0 aromatic heterocycles. The van der Waals surface area contributed by atoms with E-state index in [2.05, 4.69) is 13.8 Å². The zero-order chi connectivity index (χ0) is 32.5. The maximum absolute atomic E-state index is 11.7. The van der Waals surface area contributed by atoms with Gasteiger partial charge in [-0.15, -0.1) is 0 Å². The van der Waals surface area contributed by atoms with Gasteiger partial charge in [0.05, 0.1) is 37.6 Å². The van der Waals surface area contributed by atoms with Gasteiger partial charge in [0.2, 0.25) is 0 Å². The van der Waals surface area contributed by atoms with Crippen LogP contribution in [0.25, 0.3) is 0 Å². The third-order valence-corrected chi connectivity index (χ3v) is 8.82. The van der Waals surface area contributed by atoms with E-state index < -0.39 is 30.6 Å². The number of rotatable bonds is 34. The van der Waals surface area contributed by atoms with Crippen molar-refractivity contribution in [3.8, 4) is 0 Å². The first-order chi connectivity index (χ1) is 21.4. The van der Waals surface area contributed by atoms with Gasteiger partial charge in [0.25, 0.3) is 0 Å². The maximum Gasteiger partial charge on any atom is 0.508 e. The highest BCUT2D eigenvalue weighted by Gasteiger charge is 2.16. The lowest BCUT2D eigenvalue weighted by Gasteiger charge is -2.17. The molecule has 0 aromatic carbocycles. The average Bonchev–Trinajstić information content (AvgIpc) is 3.02. The first kappa shape index (κ1) is 43.1. The number of carbonyl (C=O) groups is 1. The summed E-state index contributed by atoms with van der Waals surface area (Å²) in [5.41, 5.74) is 0. The van der Waals surface area contributed by atoms with E-state index in [1.54, 1.807) is 0 Å². The minimum absolute atomic E-state index is 0.391. The predicted octanol–water partition coefficient (Wildman–Crippen LogP) is 9.55. The zero-order valence-corrected chi connectivity index (χ0v) is 29.0. The standard InChI is InChI=1S/C37H74O7/c1-3-5-7-9-15-21-27-33(38)35(40)29-23-17-11-13-19-25-31-43-37(42)44-32-26-20-14-12-18-24-30-36(41)34(39)28-22-16-10-8-6-4-2/h33-36,38-41H,3-32H2,1-2H3. The smallest absolute Gasteiger partial charge is 0.434 e. The second kappa shape index (κ2) is 33.5. The number of ether oxygens (including phenoxy) is 2. The normalized spacial score (nSPS) is 14.3. The largest absolute Gasteiger partial charge is 0.508 e. The second-order valence-electron chi connectivity index (χ2n) is 13.1. The van der Waals surface area contributed by atoms with E-state index in [0.717, 1.165) is 103 Å². The molecule has 7 nitrogen and oxygen atoms in total. The molecule has 0 saturated carbocycles. The van der Waals surface area contributed by atoms with E-state index in [-0.39, 0.29) is 0 Å². The van der Waals surface area contributed by atoms with Gasteiger partial charge in [0.1, 0.15) is 0 Å².